The van der Waals surface area contributed by atoms with Crippen LogP contribution in [0, 0.1) is 5.92 Å². The second kappa shape index (κ2) is 5.44. The average molecular weight is 287 g/mol. The molecule has 1 aromatic rings. The van der Waals surface area contributed by atoms with E-state index < -0.39 is 0 Å². The van der Waals surface area contributed by atoms with Crippen LogP contribution in [0.15, 0.2) is 0 Å². The summed E-state index contributed by atoms with van der Waals surface area (Å²) in [5.41, 5.74) is 8.73. The van der Waals surface area contributed by atoms with Gasteiger partial charge >= 0.3 is 0 Å². The third-order valence-electron chi connectivity index (χ3n) is 5.48. The molecule has 2 aliphatic carbocycles. The van der Waals surface area contributed by atoms with Gasteiger partial charge in [0.2, 0.25) is 5.95 Å². The van der Waals surface area contributed by atoms with Gasteiger partial charge in [0.1, 0.15) is 5.82 Å². The Morgan fingerprint density at radius 2 is 1.86 bits per heavy atom. The molecule has 2 fully saturated rings. The molecular weight excluding hydrogens is 262 g/mol. The highest BCUT2D eigenvalue weighted by Crippen LogP contribution is 2.46. The first-order valence-electron chi connectivity index (χ1n) is 8.45. The number of fused-ring (bicyclic) bond motifs is 3. The summed E-state index contributed by atoms with van der Waals surface area (Å²) < 4.78 is 0. The Kier molecular flexibility index (Phi) is 3.45. The Morgan fingerprint density at radius 3 is 2.71 bits per heavy atom. The molecule has 1 saturated carbocycles. The second-order valence-corrected chi connectivity index (χ2v) is 6.70. The zero-order valence-corrected chi connectivity index (χ0v) is 12.6. The molecule has 4 rings (SSSR count). The molecule has 0 radical (unpaired) electrons. The zero-order chi connectivity index (χ0) is 14.2. The van der Waals surface area contributed by atoms with E-state index in [1.54, 1.807) is 0 Å². The van der Waals surface area contributed by atoms with E-state index in [0.717, 1.165) is 44.3 Å². The Morgan fingerprint density at radius 1 is 1.05 bits per heavy atom. The largest absolute Gasteiger partial charge is 0.368 e. The maximum Gasteiger partial charge on any atom is 0.222 e. The van der Waals surface area contributed by atoms with Gasteiger partial charge in [-0.2, -0.15) is 4.98 Å². The zero-order valence-electron chi connectivity index (χ0n) is 12.6. The predicted octanol–water partition coefficient (Wildman–Crippen LogP) is 1.69. The number of hydrogen-bond donors (Lipinski definition) is 2. The summed E-state index contributed by atoms with van der Waals surface area (Å²) in [6.45, 7) is 4.11. The van der Waals surface area contributed by atoms with Crippen LogP contribution in [0.1, 0.15) is 49.3 Å². The summed E-state index contributed by atoms with van der Waals surface area (Å²) >= 11 is 0. The highest BCUT2D eigenvalue weighted by atomic mass is 15.2. The van der Waals surface area contributed by atoms with Crippen LogP contribution in [0.25, 0.3) is 0 Å². The van der Waals surface area contributed by atoms with Crippen LogP contribution < -0.4 is 16.0 Å². The predicted molar refractivity (Wildman–Crippen MR) is 84.5 cm³/mol. The molecule has 3 N–H and O–H groups in total. The molecule has 114 valence electrons. The molecule has 5 heteroatoms. The number of aromatic nitrogens is 2. The summed E-state index contributed by atoms with van der Waals surface area (Å²) in [4.78, 5) is 11.7. The maximum atomic E-state index is 6.05. The van der Waals surface area contributed by atoms with Gasteiger partial charge in [-0.3, -0.25) is 0 Å². The summed E-state index contributed by atoms with van der Waals surface area (Å²) in [6.07, 6.45) is 7.83. The maximum absolute atomic E-state index is 6.05. The number of piperazine rings is 1. The smallest absolute Gasteiger partial charge is 0.222 e. The molecule has 0 unspecified atom stereocenters. The fourth-order valence-electron chi connectivity index (χ4n) is 4.43. The van der Waals surface area contributed by atoms with E-state index >= 15 is 0 Å². The first kappa shape index (κ1) is 13.3. The molecule has 1 aliphatic heterocycles. The molecule has 3 aliphatic rings. The Hall–Kier alpha value is -1.36. The van der Waals surface area contributed by atoms with E-state index in [9.17, 15) is 0 Å². The van der Waals surface area contributed by atoms with E-state index in [4.69, 9.17) is 5.73 Å². The van der Waals surface area contributed by atoms with E-state index in [1.165, 1.54) is 43.4 Å². The SMILES string of the molecule is Nc1nc2c(c(N3CCNCC3)n1)CC[C@@H]1CCCC[C@H]21. The van der Waals surface area contributed by atoms with Crippen molar-refractivity contribution in [2.24, 2.45) is 5.92 Å². The summed E-state index contributed by atoms with van der Waals surface area (Å²) in [5.74, 6) is 3.06. The monoisotopic (exact) mass is 287 g/mol. The van der Waals surface area contributed by atoms with Crippen LogP contribution in [0.4, 0.5) is 11.8 Å². The van der Waals surface area contributed by atoms with Crippen molar-refractivity contribution in [2.75, 3.05) is 36.8 Å². The normalized spacial score (nSPS) is 28.9. The second-order valence-electron chi connectivity index (χ2n) is 6.70. The Balaban J connectivity index is 1.74. The minimum absolute atomic E-state index is 0.466. The van der Waals surface area contributed by atoms with Gasteiger partial charge in [0.25, 0.3) is 0 Å². The third kappa shape index (κ3) is 2.37. The molecule has 2 heterocycles. The van der Waals surface area contributed by atoms with Gasteiger partial charge in [0, 0.05) is 37.7 Å². The van der Waals surface area contributed by atoms with E-state index in [2.05, 4.69) is 20.2 Å². The van der Waals surface area contributed by atoms with Crippen molar-refractivity contribution in [1.82, 2.24) is 15.3 Å². The van der Waals surface area contributed by atoms with Gasteiger partial charge in [-0.05, 0) is 31.6 Å². The standard InChI is InChI=1S/C16H25N5/c17-16-19-14-12-4-2-1-3-11(12)5-6-13(14)15(20-16)21-9-7-18-8-10-21/h11-12,18H,1-10H2,(H2,17,19,20)/t11-,12-/m0/s1. The van der Waals surface area contributed by atoms with Crippen molar-refractivity contribution in [1.29, 1.82) is 0 Å². The van der Waals surface area contributed by atoms with Gasteiger partial charge in [0.05, 0.1) is 5.69 Å². The van der Waals surface area contributed by atoms with Crippen LogP contribution in [0.5, 0.6) is 0 Å². The lowest BCUT2D eigenvalue weighted by molar-refractivity contribution is 0.270. The Bertz CT molecular complexity index is 506. The van der Waals surface area contributed by atoms with Crippen molar-refractivity contribution in [3.63, 3.8) is 0 Å². The molecule has 0 amide bonds. The minimum atomic E-state index is 0.466. The summed E-state index contributed by atoms with van der Waals surface area (Å²) in [7, 11) is 0. The molecule has 0 spiro atoms. The Labute approximate surface area is 126 Å². The van der Waals surface area contributed by atoms with Crippen molar-refractivity contribution in [3.05, 3.63) is 11.3 Å². The van der Waals surface area contributed by atoms with Crippen molar-refractivity contribution in [2.45, 2.75) is 44.4 Å². The average Bonchev–Trinajstić information content (AvgIpc) is 2.55. The van der Waals surface area contributed by atoms with Gasteiger partial charge < -0.3 is 16.0 Å². The van der Waals surface area contributed by atoms with E-state index in [-0.39, 0.29) is 0 Å². The van der Waals surface area contributed by atoms with Crippen molar-refractivity contribution >= 4 is 11.8 Å². The topological polar surface area (TPSA) is 67.1 Å². The van der Waals surface area contributed by atoms with Crippen LogP contribution in [-0.4, -0.2) is 36.1 Å². The van der Waals surface area contributed by atoms with Gasteiger partial charge in [-0.1, -0.05) is 12.8 Å². The highest BCUT2D eigenvalue weighted by molar-refractivity contribution is 5.54. The number of nitrogens with two attached hydrogens (primary N) is 1. The fourth-order valence-corrected chi connectivity index (χ4v) is 4.43. The van der Waals surface area contributed by atoms with Crippen LogP contribution in [0.2, 0.25) is 0 Å². The number of nitrogens with one attached hydrogen (secondary N) is 1. The van der Waals surface area contributed by atoms with Gasteiger partial charge in [-0.15, -0.1) is 0 Å². The number of nitrogens with zero attached hydrogens (tertiary/aromatic N) is 3. The van der Waals surface area contributed by atoms with Crippen LogP contribution >= 0.6 is 0 Å². The minimum Gasteiger partial charge on any atom is -0.368 e. The first-order valence-corrected chi connectivity index (χ1v) is 8.45. The summed E-state index contributed by atoms with van der Waals surface area (Å²) in [5, 5.41) is 3.41. The molecule has 0 bridgehead atoms. The van der Waals surface area contributed by atoms with E-state index in [0.29, 0.717) is 11.9 Å². The van der Waals surface area contributed by atoms with Crippen molar-refractivity contribution in [3.8, 4) is 0 Å². The molecule has 2 atom stereocenters. The number of hydrogen-bond acceptors (Lipinski definition) is 5. The number of nitrogen functional groups attached to an aromatic ring is 1. The van der Waals surface area contributed by atoms with E-state index in [1.807, 2.05) is 0 Å². The van der Waals surface area contributed by atoms with Crippen LogP contribution in [-0.2, 0) is 6.42 Å². The third-order valence-corrected chi connectivity index (χ3v) is 5.48. The lowest BCUT2D eigenvalue weighted by atomic mass is 9.70. The number of rotatable bonds is 1. The molecule has 5 nitrogen and oxygen atoms in total. The van der Waals surface area contributed by atoms with Crippen LogP contribution in [0.3, 0.4) is 0 Å². The summed E-state index contributed by atoms with van der Waals surface area (Å²) in [6, 6.07) is 0. The first-order chi connectivity index (χ1) is 10.3. The highest BCUT2D eigenvalue weighted by Gasteiger charge is 2.35. The lowest BCUT2D eigenvalue weighted by Crippen LogP contribution is -2.44. The molecule has 1 aromatic heterocycles. The lowest BCUT2D eigenvalue weighted by Gasteiger charge is -2.38. The van der Waals surface area contributed by atoms with Crippen molar-refractivity contribution < 1.29 is 0 Å². The fraction of sp³-hybridized carbons (Fsp3) is 0.750. The van der Waals surface area contributed by atoms with Gasteiger partial charge in [-0.25, -0.2) is 4.98 Å². The molecular formula is C16H25N5. The molecule has 0 aromatic carbocycles. The molecule has 1 saturated heterocycles. The quantitative estimate of drug-likeness (QED) is 0.823. The molecule has 21 heavy (non-hydrogen) atoms. The number of anilines is 2. The van der Waals surface area contributed by atoms with Gasteiger partial charge in [0.15, 0.2) is 0 Å².